The zero-order valence-corrected chi connectivity index (χ0v) is 14.3. The summed E-state index contributed by atoms with van der Waals surface area (Å²) in [5.41, 5.74) is 1.97. The van der Waals surface area contributed by atoms with Gasteiger partial charge in [0.25, 0.3) is 0 Å². The average molecular weight is 321 g/mol. The fourth-order valence-electron chi connectivity index (χ4n) is 3.36. The lowest BCUT2D eigenvalue weighted by Gasteiger charge is -2.38. The number of para-hydroxylation sites is 3. The Hall–Kier alpha value is -2.33. The fourth-order valence-corrected chi connectivity index (χ4v) is 3.36. The van der Waals surface area contributed by atoms with Gasteiger partial charge in [-0.3, -0.25) is 4.90 Å². The Balaban J connectivity index is 1.72. The highest BCUT2D eigenvalue weighted by Gasteiger charge is 2.26. The third-order valence-corrected chi connectivity index (χ3v) is 4.78. The van der Waals surface area contributed by atoms with E-state index in [0.717, 1.165) is 54.8 Å². The first kappa shape index (κ1) is 15.2. The maximum absolute atomic E-state index is 6.13. The van der Waals surface area contributed by atoms with Gasteiger partial charge < -0.3 is 9.64 Å². The molecule has 124 valence electrons. The highest BCUT2D eigenvalue weighted by molar-refractivity contribution is 6.03. The summed E-state index contributed by atoms with van der Waals surface area (Å²) in [7, 11) is 0. The Bertz CT molecular complexity index is 761. The number of benzene rings is 2. The van der Waals surface area contributed by atoms with Gasteiger partial charge in [0.15, 0.2) is 5.75 Å². The van der Waals surface area contributed by atoms with Gasteiger partial charge >= 0.3 is 0 Å². The number of hydrogen-bond donors (Lipinski definition) is 0. The number of amidine groups is 1. The van der Waals surface area contributed by atoms with Crippen molar-refractivity contribution in [3.8, 4) is 11.5 Å². The van der Waals surface area contributed by atoms with Gasteiger partial charge in [0, 0.05) is 32.2 Å². The van der Waals surface area contributed by atoms with E-state index in [9.17, 15) is 0 Å². The van der Waals surface area contributed by atoms with Gasteiger partial charge in [0.2, 0.25) is 0 Å². The van der Waals surface area contributed by atoms with E-state index in [1.165, 1.54) is 0 Å². The zero-order chi connectivity index (χ0) is 16.5. The number of nitrogens with zero attached hydrogens (tertiary/aromatic N) is 3. The first-order valence-electron chi connectivity index (χ1n) is 8.66. The quantitative estimate of drug-likeness (QED) is 0.797. The largest absolute Gasteiger partial charge is 0.454 e. The molecule has 0 amide bonds. The number of ether oxygens (including phenoxy) is 1. The van der Waals surface area contributed by atoms with E-state index in [0.29, 0.717) is 6.04 Å². The topological polar surface area (TPSA) is 28.1 Å². The van der Waals surface area contributed by atoms with Crippen LogP contribution in [0.4, 0.5) is 5.69 Å². The summed E-state index contributed by atoms with van der Waals surface area (Å²) in [6.45, 7) is 8.65. The summed E-state index contributed by atoms with van der Waals surface area (Å²) in [6, 6.07) is 16.8. The normalized spacial score (nSPS) is 17.6. The van der Waals surface area contributed by atoms with Crippen molar-refractivity contribution < 1.29 is 4.74 Å². The van der Waals surface area contributed by atoms with Crippen LogP contribution in [0.15, 0.2) is 53.5 Å². The average Bonchev–Trinajstić information content (AvgIpc) is 2.78. The molecule has 2 aliphatic heterocycles. The molecule has 4 rings (SSSR count). The molecule has 0 atom stereocenters. The lowest BCUT2D eigenvalue weighted by Crippen LogP contribution is -2.50. The third kappa shape index (κ3) is 2.78. The van der Waals surface area contributed by atoms with Crippen LogP contribution in [0.1, 0.15) is 19.4 Å². The van der Waals surface area contributed by atoms with Crippen molar-refractivity contribution in [1.82, 2.24) is 9.80 Å². The molecular weight excluding hydrogens is 298 g/mol. The Kier molecular flexibility index (Phi) is 3.98. The minimum Gasteiger partial charge on any atom is -0.454 e. The molecule has 0 unspecified atom stereocenters. The molecule has 0 N–H and O–H groups in total. The van der Waals surface area contributed by atoms with Crippen LogP contribution in [0.25, 0.3) is 0 Å². The number of piperazine rings is 1. The molecule has 1 fully saturated rings. The summed E-state index contributed by atoms with van der Waals surface area (Å²) in [4.78, 5) is 9.88. The predicted molar refractivity (Wildman–Crippen MR) is 97.4 cm³/mol. The molecule has 0 aliphatic carbocycles. The Morgan fingerprint density at radius 2 is 1.54 bits per heavy atom. The summed E-state index contributed by atoms with van der Waals surface area (Å²) in [5.74, 6) is 2.73. The Morgan fingerprint density at radius 3 is 2.29 bits per heavy atom. The Morgan fingerprint density at radius 1 is 0.875 bits per heavy atom. The van der Waals surface area contributed by atoms with E-state index in [2.05, 4.69) is 35.8 Å². The number of hydrogen-bond acceptors (Lipinski definition) is 4. The number of rotatable bonds is 1. The summed E-state index contributed by atoms with van der Waals surface area (Å²) in [6.07, 6.45) is 0. The molecule has 1 saturated heterocycles. The summed E-state index contributed by atoms with van der Waals surface area (Å²) >= 11 is 0. The third-order valence-electron chi connectivity index (χ3n) is 4.78. The van der Waals surface area contributed by atoms with Crippen molar-refractivity contribution in [3.63, 3.8) is 0 Å². The van der Waals surface area contributed by atoms with Crippen molar-refractivity contribution in [2.75, 3.05) is 26.2 Å². The van der Waals surface area contributed by atoms with E-state index in [1.807, 2.05) is 36.4 Å². The van der Waals surface area contributed by atoms with Crippen molar-refractivity contribution >= 4 is 11.5 Å². The highest BCUT2D eigenvalue weighted by atomic mass is 16.5. The minimum atomic E-state index is 0.597. The lowest BCUT2D eigenvalue weighted by molar-refractivity contribution is 0.149. The van der Waals surface area contributed by atoms with Gasteiger partial charge in [-0.2, -0.15) is 0 Å². The smallest absolute Gasteiger partial charge is 0.153 e. The van der Waals surface area contributed by atoms with Crippen molar-refractivity contribution in [1.29, 1.82) is 0 Å². The standard InChI is InChI=1S/C20H23N3O/c1-15(2)22-11-13-23(14-12-22)20-16-7-3-5-9-18(16)24-19-10-6-4-8-17(19)21-20/h3-10,15H,11-14H2,1-2H3. The molecule has 4 heteroatoms. The van der Waals surface area contributed by atoms with Crippen LogP contribution < -0.4 is 4.74 Å². The van der Waals surface area contributed by atoms with E-state index in [-0.39, 0.29) is 0 Å². The minimum absolute atomic E-state index is 0.597. The fraction of sp³-hybridized carbons (Fsp3) is 0.350. The molecule has 0 spiro atoms. The molecule has 2 aromatic rings. The first-order valence-corrected chi connectivity index (χ1v) is 8.66. The second kappa shape index (κ2) is 6.29. The first-order chi connectivity index (χ1) is 11.7. The molecule has 2 aliphatic rings. The summed E-state index contributed by atoms with van der Waals surface area (Å²) in [5, 5.41) is 0. The van der Waals surface area contributed by atoms with Crippen molar-refractivity contribution in [2.45, 2.75) is 19.9 Å². The second-order valence-corrected chi connectivity index (χ2v) is 6.62. The summed E-state index contributed by atoms with van der Waals surface area (Å²) < 4.78 is 6.13. The van der Waals surface area contributed by atoms with Crippen LogP contribution in [0.2, 0.25) is 0 Å². The number of aliphatic imine (C=N–C) groups is 1. The molecule has 24 heavy (non-hydrogen) atoms. The number of fused-ring (bicyclic) bond motifs is 2. The zero-order valence-electron chi connectivity index (χ0n) is 14.3. The van der Waals surface area contributed by atoms with Crippen molar-refractivity contribution in [3.05, 3.63) is 54.1 Å². The van der Waals surface area contributed by atoms with Gasteiger partial charge in [-0.05, 0) is 38.1 Å². The molecule has 0 bridgehead atoms. The van der Waals surface area contributed by atoms with Crippen LogP contribution in [0.3, 0.4) is 0 Å². The SMILES string of the molecule is CC(C)N1CCN(C2=Nc3ccccc3Oc3ccccc32)CC1. The van der Waals surface area contributed by atoms with Crippen molar-refractivity contribution in [2.24, 2.45) is 4.99 Å². The molecule has 2 aromatic carbocycles. The van der Waals surface area contributed by atoms with Crippen LogP contribution in [-0.2, 0) is 0 Å². The molecule has 0 radical (unpaired) electrons. The predicted octanol–water partition coefficient (Wildman–Crippen LogP) is 3.90. The molecule has 0 aromatic heterocycles. The van der Waals surface area contributed by atoms with Crippen LogP contribution >= 0.6 is 0 Å². The molecule has 4 nitrogen and oxygen atoms in total. The lowest BCUT2D eigenvalue weighted by atomic mass is 10.1. The second-order valence-electron chi connectivity index (χ2n) is 6.62. The van der Waals surface area contributed by atoms with Gasteiger partial charge in [0.1, 0.15) is 17.3 Å². The highest BCUT2D eigenvalue weighted by Crippen LogP contribution is 2.37. The van der Waals surface area contributed by atoms with E-state index >= 15 is 0 Å². The molecule has 0 saturated carbocycles. The maximum Gasteiger partial charge on any atom is 0.153 e. The van der Waals surface area contributed by atoms with E-state index < -0.39 is 0 Å². The van der Waals surface area contributed by atoms with Gasteiger partial charge in [-0.1, -0.05) is 24.3 Å². The van der Waals surface area contributed by atoms with E-state index in [4.69, 9.17) is 9.73 Å². The monoisotopic (exact) mass is 321 g/mol. The van der Waals surface area contributed by atoms with Crippen LogP contribution in [0.5, 0.6) is 11.5 Å². The van der Waals surface area contributed by atoms with Gasteiger partial charge in [-0.25, -0.2) is 4.99 Å². The van der Waals surface area contributed by atoms with E-state index in [1.54, 1.807) is 0 Å². The Labute approximate surface area is 143 Å². The van der Waals surface area contributed by atoms with Gasteiger partial charge in [0.05, 0.1) is 5.56 Å². The van der Waals surface area contributed by atoms with Crippen LogP contribution in [0, 0.1) is 0 Å². The van der Waals surface area contributed by atoms with Crippen LogP contribution in [-0.4, -0.2) is 47.9 Å². The van der Waals surface area contributed by atoms with Gasteiger partial charge in [-0.15, -0.1) is 0 Å². The maximum atomic E-state index is 6.13. The molecular formula is C20H23N3O. The molecule has 2 heterocycles.